The van der Waals surface area contributed by atoms with Gasteiger partial charge in [0.15, 0.2) is 0 Å². The third kappa shape index (κ3) is 0.966. The van der Waals surface area contributed by atoms with Crippen LogP contribution in [0.15, 0.2) is 0 Å². The van der Waals surface area contributed by atoms with E-state index in [1.165, 1.54) is 0 Å². The highest BCUT2D eigenvalue weighted by molar-refractivity contribution is 9.09. The number of carbonyl (C=O) groups is 1. The van der Waals surface area contributed by atoms with Crippen LogP contribution in [0.1, 0.15) is 13.3 Å². The maximum absolute atomic E-state index is 10.8. The summed E-state index contributed by atoms with van der Waals surface area (Å²) in [6.07, 6.45) is 0.885. The summed E-state index contributed by atoms with van der Waals surface area (Å²) < 4.78 is 0. The molecule has 0 aromatic heterocycles. The van der Waals surface area contributed by atoms with Crippen molar-refractivity contribution in [2.24, 2.45) is 11.3 Å². The third-order valence-corrected chi connectivity index (χ3v) is 3.12. The van der Waals surface area contributed by atoms with Crippen LogP contribution < -0.4 is 11.3 Å². The second kappa shape index (κ2) is 1.95. The van der Waals surface area contributed by atoms with Crippen molar-refractivity contribution in [2.45, 2.75) is 18.2 Å². The standard InChI is InChI=1S/C5H9BrN2O/c1-5(2-3(5)6)4(9)8-7/h3H,2,7H2,1H3,(H,8,9)/t3-,5+/m0/s1. The number of hydrazine groups is 1. The summed E-state index contributed by atoms with van der Waals surface area (Å²) in [7, 11) is 0. The number of alkyl halides is 1. The first-order chi connectivity index (χ1) is 4.11. The average molecular weight is 193 g/mol. The highest BCUT2D eigenvalue weighted by Crippen LogP contribution is 2.50. The first-order valence-corrected chi connectivity index (χ1v) is 3.68. The number of hydrogen-bond donors (Lipinski definition) is 2. The van der Waals surface area contributed by atoms with Gasteiger partial charge in [-0.1, -0.05) is 15.9 Å². The van der Waals surface area contributed by atoms with E-state index in [2.05, 4.69) is 21.4 Å². The van der Waals surface area contributed by atoms with Crippen molar-refractivity contribution >= 4 is 21.8 Å². The molecule has 3 N–H and O–H groups in total. The molecule has 1 rings (SSSR count). The molecule has 0 aromatic carbocycles. The van der Waals surface area contributed by atoms with Crippen LogP contribution in [0.25, 0.3) is 0 Å². The number of amides is 1. The van der Waals surface area contributed by atoms with Crippen LogP contribution in [0.3, 0.4) is 0 Å². The largest absolute Gasteiger partial charge is 0.294 e. The Morgan fingerprint density at radius 1 is 2.00 bits per heavy atom. The molecule has 0 unspecified atom stereocenters. The summed E-state index contributed by atoms with van der Waals surface area (Å²) in [6, 6.07) is 0. The van der Waals surface area contributed by atoms with Gasteiger partial charge in [-0.2, -0.15) is 0 Å². The number of halogens is 1. The molecular formula is C5H9BrN2O. The summed E-state index contributed by atoms with van der Waals surface area (Å²) in [6.45, 7) is 1.88. The van der Waals surface area contributed by atoms with E-state index in [0.717, 1.165) is 6.42 Å². The zero-order valence-electron chi connectivity index (χ0n) is 5.15. The number of rotatable bonds is 1. The molecule has 4 heteroatoms. The lowest BCUT2D eigenvalue weighted by molar-refractivity contribution is -0.125. The molecule has 0 saturated heterocycles. The SMILES string of the molecule is C[C@@]1(C(=O)NN)C[C@@H]1Br. The fraction of sp³-hybridized carbons (Fsp3) is 0.800. The first-order valence-electron chi connectivity index (χ1n) is 2.76. The van der Waals surface area contributed by atoms with Crippen LogP contribution >= 0.6 is 15.9 Å². The molecule has 0 aromatic rings. The van der Waals surface area contributed by atoms with E-state index in [0.29, 0.717) is 4.83 Å². The van der Waals surface area contributed by atoms with Crippen LogP contribution in [-0.4, -0.2) is 10.7 Å². The predicted octanol–water partition coefficient (Wildman–Crippen LogP) is 0.150. The minimum absolute atomic E-state index is 0.0793. The molecule has 1 saturated carbocycles. The lowest BCUT2D eigenvalue weighted by Gasteiger charge is -2.04. The quantitative estimate of drug-likeness (QED) is 0.269. The summed E-state index contributed by atoms with van der Waals surface area (Å²) in [5, 5.41) is 0. The van der Waals surface area contributed by atoms with Crippen LogP contribution in [0.4, 0.5) is 0 Å². The van der Waals surface area contributed by atoms with Gasteiger partial charge in [0.1, 0.15) is 0 Å². The van der Waals surface area contributed by atoms with E-state index in [-0.39, 0.29) is 11.3 Å². The third-order valence-electron chi connectivity index (χ3n) is 1.78. The second-order valence-corrected chi connectivity index (χ2v) is 3.67. The summed E-state index contributed by atoms with van der Waals surface area (Å²) in [4.78, 5) is 11.2. The minimum atomic E-state index is -0.241. The normalized spacial score (nSPS) is 40.1. The van der Waals surface area contributed by atoms with Gasteiger partial charge in [0.25, 0.3) is 0 Å². The Bertz CT molecular complexity index is 150. The molecule has 9 heavy (non-hydrogen) atoms. The Hall–Kier alpha value is -0.0900. The Labute approximate surface area is 62.1 Å². The van der Waals surface area contributed by atoms with E-state index >= 15 is 0 Å². The van der Waals surface area contributed by atoms with Gasteiger partial charge in [-0.05, 0) is 13.3 Å². The van der Waals surface area contributed by atoms with E-state index in [4.69, 9.17) is 5.84 Å². The van der Waals surface area contributed by atoms with E-state index < -0.39 is 0 Å². The van der Waals surface area contributed by atoms with Crippen LogP contribution in [-0.2, 0) is 4.79 Å². The van der Waals surface area contributed by atoms with Crippen LogP contribution in [0.2, 0.25) is 0 Å². The van der Waals surface area contributed by atoms with Crippen molar-refractivity contribution in [1.82, 2.24) is 5.43 Å². The van der Waals surface area contributed by atoms with Gasteiger partial charge in [0.05, 0.1) is 5.41 Å². The van der Waals surface area contributed by atoms with Crippen molar-refractivity contribution in [2.75, 3.05) is 0 Å². The molecule has 1 aliphatic carbocycles. The molecule has 0 spiro atoms. The van der Waals surface area contributed by atoms with E-state index in [1.54, 1.807) is 0 Å². The highest BCUT2D eigenvalue weighted by Gasteiger charge is 2.54. The number of carbonyl (C=O) groups excluding carboxylic acids is 1. The first kappa shape index (κ1) is 7.02. The highest BCUT2D eigenvalue weighted by atomic mass is 79.9. The number of nitrogens with two attached hydrogens (primary N) is 1. The number of nitrogens with one attached hydrogen (secondary N) is 1. The molecule has 0 aliphatic heterocycles. The Morgan fingerprint density at radius 2 is 2.44 bits per heavy atom. The average Bonchev–Trinajstić information content (AvgIpc) is 2.41. The molecule has 0 heterocycles. The zero-order valence-corrected chi connectivity index (χ0v) is 6.73. The molecule has 1 aliphatic rings. The zero-order chi connectivity index (χ0) is 7.07. The lowest BCUT2D eigenvalue weighted by atomic mass is 10.1. The Morgan fingerprint density at radius 3 is 2.56 bits per heavy atom. The fourth-order valence-electron chi connectivity index (χ4n) is 0.713. The molecule has 2 atom stereocenters. The smallest absolute Gasteiger partial charge is 0.240 e. The van der Waals surface area contributed by atoms with Crippen molar-refractivity contribution in [3.63, 3.8) is 0 Å². The van der Waals surface area contributed by atoms with Gasteiger partial charge in [-0.25, -0.2) is 5.84 Å². The van der Waals surface area contributed by atoms with E-state index in [9.17, 15) is 4.79 Å². The van der Waals surface area contributed by atoms with Gasteiger partial charge < -0.3 is 0 Å². The van der Waals surface area contributed by atoms with Crippen LogP contribution in [0.5, 0.6) is 0 Å². The van der Waals surface area contributed by atoms with Gasteiger partial charge in [-0.15, -0.1) is 0 Å². The second-order valence-electron chi connectivity index (χ2n) is 2.56. The summed E-state index contributed by atoms with van der Waals surface area (Å²) >= 11 is 3.33. The molecule has 0 radical (unpaired) electrons. The Kier molecular flexibility index (Phi) is 1.52. The molecule has 1 fully saturated rings. The predicted molar refractivity (Wildman–Crippen MR) is 37.8 cm³/mol. The maximum Gasteiger partial charge on any atom is 0.240 e. The van der Waals surface area contributed by atoms with Crippen LogP contribution in [0, 0.1) is 5.41 Å². The summed E-state index contributed by atoms with van der Waals surface area (Å²) in [5.41, 5.74) is 1.89. The van der Waals surface area contributed by atoms with Crippen molar-refractivity contribution in [3.05, 3.63) is 0 Å². The molecular weight excluding hydrogens is 184 g/mol. The Balaban J connectivity index is 2.53. The van der Waals surface area contributed by atoms with Gasteiger partial charge >= 0.3 is 0 Å². The molecule has 0 bridgehead atoms. The van der Waals surface area contributed by atoms with Crippen molar-refractivity contribution in [1.29, 1.82) is 0 Å². The van der Waals surface area contributed by atoms with Gasteiger partial charge in [0, 0.05) is 4.83 Å². The van der Waals surface area contributed by atoms with Crippen molar-refractivity contribution in [3.8, 4) is 0 Å². The maximum atomic E-state index is 10.8. The van der Waals surface area contributed by atoms with Gasteiger partial charge in [-0.3, -0.25) is 10.2 Å². The monoisotopic (exact) mass is 192 g/mol. The topological polar surface area (TPSA) is 55.1 Å². The van der Waals surface area contributed by atoms with E-state index in [1.807, 2.05) is 6.92 Å². The minimum Gasteiger partial charge on any atom is -0.294 e. The molecule has 3 nitrogen and oxygen atoms in total. The van der Waals surface area contributed by atoms with Gasteiger partial charge in [0.2, 0.25) is 5.91 Å². The summed E-state index contributed by atoms with van der Waals surface area (Å²) in [5.74, 6) is 4.86. The molecule has 1 amide bonds. The lowest BCUT2D eigenvalue weighted by Crippen LogP contribution is -2.36. The van der Waals surface area contributed by atoms with Crippen molar-refractivity contribution < 1.29 is 4.79 Å². The number of hydrogen-bond acceptors (Lipinski definition) is 2. The fourth-order valence-corrected chi connectivity index (χ4v) is 1.59. The molecule has 52 valence electrons.